The summed E-state index contributed by atoms with van der Waals surface area (Å²) in [4.78, 5) is 8.40. The van der Waals surface area contributed by atoms with Gasteiger partial charge in [-0.1, -0.05) is 36.8 Å². The standard InChI is InChI=1S/C17H22N2OS/c20-11-9-15-8-4-5-10-19(15)13-16-12-18-17(21-16)14-6-2-1-3-7-14/h1-3,6-7,12,15,20H,4-5,8-11,13H2. The summed E-state index contributed by atoms with van der Waals surface area (Å²) in [5, 5.41) is 10.3. The number of thiazole rings is 1. The third-order valence-corrected chi connectivity index (χ3v) is 5.18. The Morgan fingerprint density at radius 1 is 1.24 bits per heavy atom. The monoisotopic (exact) mass is 302 g/mol. The maximum absolute atomic E-state index is 9.22. The SMILES string of the molecule is OCCC1CCCCN1Cc1cnc(-c2ccccc2)s1. The van der Waals surface area contributed by atoms with Crippen LogP contribution in [0.5, 0.6) is 0 Å². The molecular weight excluding hydrogens is 280 g/mol. The van der Waals surface area contributed by atoms with E-state index in [1.54, 1.807) is 11.3 Å². The maximum Gasteiger partial charge on any atom is 0.123 e. The first-order valence-electron chi connectivity index (χ1n) is 7.72. The average molecular weight is 302 g/mol. The second-order valence-electron chi connectivity index (χ2n) is 5.63. The van der Waals surface area contributed by atoms with Gasteiger partial charge >= 0.3 is 0 Å². The number of aromatic nitrogens is 1. The molecule has 0 aliphatic carbocycles. The highest BCUT2D eigenvalue weighted by atomic mass is 32.1. The van der Waals surface area contributed by atoms with Gasteiger partial charge in [0.05, 0.1) is 0 Å². The van der Waals surface area contributed by atoms with E-state index in [1.165, 1.54) is 29.7 Å². The summed E-state index contributed by atoms with van der Waals surface area (Å²) < 4.78 is 0. The Bertz CT molecular complexity index is 553. The Labute approximate surface area is 130 Å². The van der Waals surface area contributed by atoms with Crippen LogP contribution in [0.3, 0.4) is 0 Å². The van der Waals surface area contributed by atoms with Crippen molar-refractivity contribution in [2.75, 3.05) is 13.2 Å². The third-order valence-electron chi connectivity index (χ3n) is 4.14. The molecule has 1 aromatic carbocycles. The molecule has 0 saturated carbocycles. The topological polar surface area (TPSA) is 36.4 Å². The van der Waals surface area contributed by atoms with E-state index < -0.39 is 0 Å². The minimum Gasteiger partial charge on any atom is -0.396 e. The lowest BCUT2D eigenvalue weighted by Crippen LogP contribution is -2.39. The fourth-order valence-corrected chi connectivity index (χ4v) is 3.98. The minimum absolute atomic E-state index is 0.291. The van der Waals surface area contributed by atoms with Gasteiger partial charge in [0.1, 0.15) is 5.01 Å². The van der Waals surface area contributed by atoms with Crippen molar-refractivity contribution in [3.63, 3.8) is 0 Å². The first-order chi connectivity index (χ1) is 10.4. The first-order valence-corrected chi connectivity index (χ1v) is 8.53. The summed E-state index contributed by atoms with van der Waals surface area (Å²) in [6.07, 6.45) is 6.68. The summed E-state index contributed by atoms with van der Waals surface area (Å²) in [5.41, 5.74) is 1.19. The van der Waals surface area contributed by atoms with Gasteiger partial charge in [-0.3, -0.25) is 4.90 Å². The zero-order valence-corrected chi connectivity index (χ0v) is 13.1. The van der Waals surface area contributed by atoms with Gasteiger partial charge in [-0.15, -0.1) is 11.3 Å². The van der Waals surface area contributed by atoms with E-state index in [2.05, 4.69) is 34.1 Å². The van der Waals surface area contributed by atoms with Crippen molar-refractivity contribution in [3.05, 3.63) is 41.4 Å². The lowest BCUT2D eigenvalue weighted by atomic mass is 10.00. The number of aliphatic hydroxyl groups excluding tert-OH is 1. The van der Waals surface area contributed by atoms with E-state index in [-0.39, 0.29) is 0 Å². The zero-order valence-electron chi connectivity index (χ0n) is 12.2. The number of aliphatic hydroxyl groups is 1. The Morgan fingerprint density at radius 2 is 2.10 bits per heavy atom. The number of piperidine rings is 1. The highest BCUT2D eigenvalue weighted by molar-refractivity contribution is 7.15. The molecule has 1 saturated heterocycles. The quantitative estimate of drug-likeness (QED) is 0.917. The van der Waals surface area contributed by atoms with E-state index in [0.717, 1.165) is 24.5 Å². The second-order valence-corrected chi connectivity index (χ2v) is 6.75. The lowest BCUT2D eigenvalue weighted by molar-refractivity contribution is 0.113. The van der Waals surface area contributed by atoms with Crippen LogP contribution in [0.15, 0.2) is 36.5 Å². The highest BCUT2D eigenvalue weighted by Gasteiger charge is 2.22. The van der Waals surface area contributed by atoms with Crippen molar-refractivity contribution in [2.45, 2.75) is 38.3 Å². The van der Waals surface area contributed by atoms with Gasteiger partial charge in [-0.25, -0.2) is 4.98 Å². The van der Waals surface area contributed by atoms with Crippen LogP contribution in [0.4, 0.5) is 0 Å². The zero-order chi connectivity index (χ0) is 14.5. The molecule has 1 aliphatic rings. The average Bonchev–Trinajstić information content (AvgIpc) is 2.99. The molecule has 0 bridgehead atoms. The Hall–Kier alpha value is -1.23. The van der Waals surface area contributed by atoms with E-state index in [4.69, 9.17) is 0 Å². The predicted octanol–water partition coefficient (Wildman–Crippen LogP) is 3.55. The summed E-state index contributed by atoms with van der Waals surface area (Å²) in [7, 11) is 0. The van der Waals surface area contributed by atoms with Gasteiger partial charge in [0.2, 0.25) is 0 Å². The largest absolute Gasteiger partial charge is 0.396 e. The number of nitrogens with zero attached hydrogens (tertiary/aromatic N) is 2. The van der Waals surface area contributed by atoms with Crippen molar-refractivity contribution < 1.29 is 5.11 Å². The fourth-order valence-electron chi connectivity index (χ4n) is 3.04. The molecular formula is C17H22N2OS. The predicted molar refractivity (Wildman–Crippen MR) is 87.3 cm³/mol. The summed E-state index contributed by atoms with van der Waals surface area (Å²) >= 11 is 1.78. The second kappa shape index (κ2) is 7.16. The van der Waals surface area contributed by atoms with Gasteiger partial charge in [-0.2, -0.15) is 0 Å². The van der Waals surface area contributed by atoms with Crippen LogP contribution < -0.4 is 0 Å². The van der Waals surface area contributed by atoms with Crippen molar-refractivity contribution in [2.24, 2.45) is 0 Å². The van der Waals surface area contributed by atoms with Gasteiger partial charge in [-0.05, 0) is 25.8 Å². The molecule has 1 N–H and O–H groups in total. The molecule has 2 heterocycles. The number of likely N-dealkylation sites (tertiary alicyclic amines) is 1. The smallest absolute Gasteiger partial charge is 0.123 e. The Balaban J connectivity index is 1.69. The van der Waals surface area contributed by atoms with Gasteiger partial charge in [0.15, 0.2) is 0 Å². The molecule has 112 valence electrons. The molecule has 0 radical (unpaired) electrons. The highest BCUT2D eigenvalue weighted by Crippen LogP contribution is 2.28. The number of rotatable bonds is 5. The van der Waals surface area contributed by atoms with E-state index in [9.17, 15) is 5.11 Å². The normalized spacial score (nSPS) is 19.8. The maximum atomic E-state index is 9.22. The van der Waals surface area contributed by atoms with Crippen LogP contribution in [0, 0.1) is 0 Å². The van der Waals surface area contributed by atoms with Gasteiger partial charge < -0.3 is 5.11 Å². The van der Waals surface area contributed by atoms with E-state index in [1.807, 2.05) is 12.3 Å². The lowest BCUT2D eigenvalue weighted by Gasteiger charge is -2.35. The number of hydrogen-bond acceptors (Lipinski definition) is 4. The molecule has 0 spiro atoms. The van der Waals surface area contributed by atoms with Gasteiger partial charge in [0.25, 0.3) is 0 Å². The van der Waals surface area contributed by atoms with Crippen LogP contribution in [-0.2, 0) is 6.54 Å². The number of hydrogen-bond donors (Lipinski definition) is 1. The first kappa shape index (κ1) is 14.7. The van der Waals surface area contributed by atoms with Crippen LogP contribution in [0.1, 0.15) is 30.6 Å². The van der Waals surface area contributed by atoms with Crippen LogP contribution in [-0.4, -0.2) is 34.2 Å². The number of benzene rings is 1. The summed E-state index contributed by atoms with van der Waals surface area (Å²) in [6, 6.07) is 10.9. The Kier molecular flexibility index (Phi) is 5.01. The van der Waals surface area contributed by atoms with Crippen molar-refractivity contribution in [3.8, 4) is 10.6 Å². The third kappa shape index (κ3) is 3.70. The van der Waals surface area contributed by atoms with Crippen molar-refractivity contribution >= 4 is 11.3 Å². The molecule has 3 rings (SSSR count). The molecule has 1 atom stereocenters. The summed E-state index contributed by atoms with van der Waals surface area (Å²) in [6.45, 7) is 2.40. The van der Waals surface area contributed by atoms with E-state index in [0.29, 0.717) is 12.6 Å². The molecule has 1 fully saturated rings. The van der Waals surface area contributed by atoms with Crippen molar-refractivity contribution in [1.82, 2.24) is 9.88 Å². The fraction of sp³-hybridized carbons (Fsp3) is 0.471. The molecule has 2 aromatic rings. The molecule has 0 amide bonds. The molecule has 1 unspecified atom stereocenters. The van der Waals surface area contributed by atoms with Crippen LogP contribution in [0.25, 0.3) is 10.6 Å². The Morgan fingerprint density at radius 3 is 2.90 bits per heavy atom. The minimum atomic E-state index is 0.291. The van der Waals surface area contributed by atoms with Gasteiger partial charge in [0, 0.05) is 35.8 Å². The molecule has 3 nitrogen and oxygen atoms in total. The van der Waals surface area contributed by atoms with Crippen LogP contribution in [0.2, 0.25) is 0 Å². The summed E-state index contributed by atoms with van der Waals surface area (Å²) in [5.74, 6) is 0. The molecule has 21 heavy (non-hydrogen) atoms. The van der Waals surface area contributed by atoms with E-state index >= 15 is 0 Å². The molecule has 4 heteroatoms. The van der Waals surface area contributed by atoms with Crippen molar-refractivity contribution in [1.29, 1.82) is 0 Å². The molecule has 1 aliphatic heterocycles. The molecule has 1 aromatic heterocycles. The van der Waals surface area contributed by atoms with Crippen LogP contribution >= 0.6 is 11.3 Å².